The molecule has 0 aliphatic carbocycles. The van der Waals surface area contributed by atoms with Gasteiger partial charge < -0.3 is 10.2 Å². The molecule has 1 fully saturated rings. The number of amides is 4. The molecule has 8 heteroatoms. The molecule has 4 amide bonds. The minimum Gasteiger partial charge on any atom is -0.315 e. The summed E-state index contributed by atoms with van der Waals surface area (Å²) in [5.74, 6) is -0.0685. The molecule has 1 aromatic carbocycles. The monoisotopic (exact) mass is 341 g/mol. The van der Waals surface area contributed by atoms with Crippen LogP contribution in [0.2, 0.25) is 0 Å². The van der Waals surface area contributed by atoms with Crippen LogP contribution in [-0.4, -0.2) is 45.6 Å². The number of carbonyl (C=O) groups is 3. The van der Waals surface area contributed by atoms with Crippen molar-refractivity contribution in [1.29, 1.82) is 0 Å². The average molecular weight is 341 g/mol. The second-order valence-electron chi connectivity index (χ2n) is 5.75. The molecule has 8 nitrogen and oxygen atoms in total. The number of anilines is 1. The molecule has 0 saturated carbocycles. The molecule has 0 unspecified atom stereocenters. The summed E-state index contributed by atoms with van der Waals surface area (Å²) in [7, 11) is 0. The number of imide groups is 1. The van der Waals surface area contributed by atoms with Crippen molar-refractivity contribution in [2.45, 2.75) is 19.4 Å². The lowest BCUT2D eigenvalue weighted by Crippen LogP contribution is -2.51. The summed E-state index contributed by atoms with van der Waals surface area (Å²) in [6.07, 6.45) is 2.61. The van der Waals surface area contributed by atoms with E-state index < -0.39 is 6.03 Å². The second-order valence-corrected chi connectivity index (χ2v) is 5.75. The van der Waals surface area contributed by atoms with E-state index in [1.807, 2.05) is 30.3 Å². The van der Waals surface area contributed by atoms with Crippen molar-refractivity contribution >= 4 is 23.7 Å². The zero-order chi connectivity index (χ0) is 17.6. The summed E-state index contributed by atoms with van der Waals surface area (Å²) < 4.78 is 1.71. The Labute approximate surface area is 144 Å². The topological polar surface area (TPSA) is 96.3 Å². The van der Waals surface area contributed by atoms with Crippen molar-refractivity contribution in [2.24, 2.45) is 0 Å². The van der Waals surface area contributed by atoms with Crippen LogP contribution < -0.4 is 10.6 Å². The summed E-state index contributed by atoms with van der Waals surface area (Å²) in [4.78, 5) is 36.3. The van der Waals surface area contributed by atoms with Gasteiger partial charge in [-0.25, -0.2) is 9.48 Å². The smallest absolute Gasteiger partial charge is 0.315 e. The van der Waals surface area contributed by atoms with E-state index in [0.717, 1.165) is 6.42 Å². The predicted molar refractivity (Wildman–Crippen MR) is 90.7 cm³/mol. The number of aryl methyl sites for hydroxylation is 2. The van der Waals surface area contributed by atoms with Crippen LogP contribution in [0.15, 0.2) is 42.6 Å². The highest BCUT2D eigenvalue weighted by molar-refractivity contribution is 5.99. The number of hydrogen-bond donors (Lipinski definition) is 2. The summed E-state index contributed by atoms with van der Waals surface area (Å²) in [5, 5.41) is 9.18. The molecule has 0 spiro atoms. The van der Waals surface area contributed by atoms with Gasteiger partial charge in [0.1, 0.15) is 12.4 Å². The zero-order valence-corrected chi connectivity index (χ0v) is 13.6. The number of rotatable bonds is 6. The molecular formula is C17H19N5O3. The van der Waals surface area contributed by atoms with E-state index >= 15 is 0 Å². The maximum Gasteiger partial charge on any atom is 0.324 e. The lowest BCUT2D eigenvalue weighted by Gasteiger charge is -2.25. The largest absolute Gasteiger partial charge is 0.324 e. The van der Waals surface area contributed by atoms with Crippen molar-refractivity contribution in [1.82, 2.24) is 20.0 Å². The first kappa shape index (κ1) is 16.7. The molecule has 1 aliphatic heterocycles. The van der Waals surface area contributed by atoms with Crippen LogP contribution in [-0.2, 0) is 22.6 Å². The number of urea groups is 1. The van der Waals surface area contributed by atoms with Crippen molar-refractivity contribution in [3.63, 3.8) is 0 Å². The van der Waals surface area contributed by atoms with E-state index in [2.05, 4.69) is 15.7 Å². The quantitative estimate of drug-likeness (QED) is 0.819. The number of benzene rings is 1. The average Bonchev–Trinajstić information content (AvgIpc) is 3.03. The summed E-state index contributed by atoms with van der Waals surface area (Å²) >= 11 is 0. The Kier molecular flexibility index (Phi) is 5.08. The first-order valence-electron chi connectivity index (χ1n) is 8.06. The third-order valence-electron chi connectivity index (χ3n) is 3.92. The van der Waals surface area contributed by atoms with Gasteiger partial charge in [-0.2, -0.15) is 5.10 Å². The van der Waals surface area contributed by atoms with Crippen LogP contribution in [0.5, 0.6) is 0 Å². The lowest BCUT2D eigenvalue weighted by atomic mass is 10.1. The highest BCUT2D eigenvalue weighted by atomic mass is 16.2. The van der Waals surface area contributed by atoms with E-state index in [-0.39, 0.29) is 31.3 Å². The van der Waals surface area contributed by atoms with Crippen LogP contribution in [0.1, 0.15) is 12.0 Å². The van der Waals surface area contributed by atoms with Gasteiger partial charge >= 0.3 is 6.03 Å². The minimum absolute atomic E-state index is 0.108. The third kappa shape index (κ3) is 4.43. The van der Waals surface area contributed by atoms with E-state index in [9.17, 15) is 14.4 Å². The summed E-state index contributed by atoms with van der Waals surface area (Å²) in [6, 6.07) is 11.2. The Morgan fingerprint density at radius 2 is 2.00 bits per heavy atom. The number of carbonyl (C=O) groups excluding carboxylic acids is 3. The number of nitrogens with one attached hydrogen (secondary N) is 2. The molecule has 0 radical (unpaired) electrons. The summed E-state index contributed by atoms with van der Waals surface area (Å²) in [6.45, 7) is 0.764. The molecule has 1 aromatic heterocycles. The SMILES string of the molecule is O=C1CCN(CC(=O)Nc2ccnn2CCc2ccccc2)C(=O)N1. The highest BCUT2D eigenvalue weighted by Gasteiger charge is 2.24. The fraction of sp³-hybridized carbons (Fsp3) is 0.294. The number of aromatic nitrogens is 2. The Morgan fingerprint density at radius 1 is 1.20 bits per heavy atom. The highest BCUT2D eigenvalue weighted by Crippen LogP contribution is 2.09. The minimum atomic E-state index is -0.538. The van der Waals surface area contributed by atoms with Gasteiger partial charge in [0.25, 0.3) is 0 Å². The van der Waals surface area contributed by atoms with Crippen molar-refractivity contribution in [2.75, 3.05) is 18.4 Å². The fourth-order valence-electron chi connectivity index (χ4n) is 2.60. The van der Waals surface area contributed by atoms with Gasteiger partial charge in [0.05, 0.1) is 6.20 Å². The Morgan fingerprint density at radius 3 is 2.76 bits per heavy atom. The Balaban J connectivity index is 1.54. The molecule has 3 rings (SSSR count). The van der Waals surface area contributed by atoms with Crippen molar-refractivity contribution < 1.29 is 14.4 Å². The molecular weight excluding hydrogens is 322 g/mol. The van der Waals surface area contributed by atoms with Crippen LogP contribution in [0.4, 0.5) is 10.6 Å². The van der Waals surface area contributed by atoms with E-state index in [4.69, 9.17) is 0 Å². The van der Waals surface area contributed by atoms with Crippen molar-refractivity contribution in [3.8, 4) is 0 Å². The van der Waals surface area contributed by atoms with E-state index in [1.54, 1.807) is 16.9 Å². The molecule has 25 heavy (non-hydrogen) atoms. The van der Waals surface area contributed by atoms with Gasteiger partial charge in [-0.15, -0.1) is 0 Å². The van der Waals surface area contributed by atoms with Gasteiger partial charge in [0, 0.05) is 25.6 Å². The Hall–Kier alpha value is -3.16. The van der Waals surface area contributed by atoms with Gasteiger partial charge in [-0.3, -0.25) is 14.9 Å². The standard InChI is InChI=1S/C17H19N5O3/c23-15-8-10-21(17(25)20-15)12-16(24)19-14-6-9-18-22(14)11-7-13-4-2-1-3-5-13/h1-6,9H,7-8,10-12H2,(H,19,24)(H,20,23,25). The second kappa shape index (κ2) is 7.61. The van der Waals surface area contributed by atoms with Gasteiger partial charge in [-0.1, -0.05) is 30.3 Å². The van der Waals surface area contributed by atoms with Gasteiger partial charge in [0.15, 0.2) is 0 Å². The van der Waals surface area contributed by atoms with Crippen LogP contribution >= 0.6 is 0 Å². The fourth-order valence-corrected chi connectivity index (χ4v) is 2.60. The molecule has 0 bridgehead atoms. The van der Waals surface area contributed by atoms with Crippen molar-refractivity contribution in [3.05, 3.63) is 48.2 Å². The summed E-state index contributed by atoms with van der Waals surface area (Å²) in [5.41, 5.74) is 1.19. The van der Waals surface area contributed by atoms with Crippen LogP contribution in [0.25, 0.3) is 0 Å². The third-order valence-corrected chi connectivity index (χ3v) is 3.92. The van der Waals surface area contributed by atoms with Gasteiger partial charge in [0.2, 0.25) is 11.8 Å². The molecule has 1 saturated heterocycles. The number of hydrogen-bond acceptors (Lipinski definition) is 4. The normalized spacial score (nSPS) is 14.3. The zero-order valence-electron chi connectivity index (χ0n) is 13.6. The van der Waals surface area contributed by atoms with Gasteiger partial charge in [-0.05, 0) is 12.0 Å². The number of nitrogens with zero attached hydrogens (tertiary/aromatic N) is 3. The predicted octanol–water partition coefficient (Wildman–Crippen LogP) is 1.01. The lowest BCUT2D eigenvalue weighted by molar-refractivity contribution is -0.123. The molecule has 2 aromatic rings. The first-order valence-corrected chi connectivity index (χ1v) is 8.06. The molecule has 130 valence electrons. The van der Waals surface area contributed by atoms with Crippen LogP contribution in [0.3, 0.4) is 0 Å². The maximum atomic E-state index is 12.2. The van der Waals surface area contributed by atoms with Crippen LogP contribution in [0, 0.1) is 0 Å². The first-order chi connectivity index (χ1) is 12.1. The molecule has 2 heterocycles. The van der Waals surface area contributed by atoms with E-state index in [0.29, 0.717) is 12.4 Å². The molecule has 2 N–H and O–H groups in total. The maximum absolute atomic E-state index is 12.2. The molecule has 1 aliphatic rings. The van der Waals surface area contributed by atoms with E-state index in [1.165, 1.54) is 10.5 Å². The Bertz CT molecular complexity index is 772. The molecule has 0 atom stereocenters.